The standard InChI is InChI=1S/C23H34N2O5S/c1-14(2)11-16-7-9-17(10-8-16)15(3)21-25(22(29)30-23(4,5)6)18(13-31-21)20(28)24-12-19(26)27/h7-10,14-15,18,21H,11-13H2,1-6H3,(H,24,28)(H,26,27). The highest BCUT2D eigenvalue weighted by Crippen LogP contribution is 2.39. The lowest BCUT2D eigenvalue weighted by molar-refractivity contribution is -0.138. The largest absolute Gasteiger partial charge is 0.480 e. The van der Waals surface area contributed by atoms with Crippen molar-refractivity contribution in [2.75, 3.05) is 12.3 Å². The monoisotopic (exact) mass is 450 g/mol. The number of nitrogens with zero attached hydrogens (tertiary/aromatic N) is 1. The molecule has 1 aliphatic rings. The maximum atomic E-state index is 13.0. The summed E-state index contributed by atoms with van der Waals surface area (Å²) in [5.41, 5.74) is 1.63. The number of thioether (sulfide) groups is 1. The fourth-order valence-corrected chi connectivity index (χ4v) is 5.07. The first-order chi connectivity index (χ1) is 14.4. The summed E-state index contributed by atoms with van der Waals surface area (Å²) in [6.07, 6.45) is 0.434. The van der Waals surface area contributed by atoms with Crippen LogP contribution < -0.4 is 5.32 Å². The van der Waals surface area contributed by atoms with Crippen LogP contribution in [0.5, 0.6) is 0 Å². The third kappa shape index (κ3) is 7.16. The maximum absolute atomic E-state index is 13.0. The quantitative estimate of drug-likeness (QED) is 0.655. The fraction of sp³-hybridized carbons (Fsp3) is 0.609. The topological polar surface area (TPSA) is 95.9 Å². The molecule has 2 amide bonds. The zero-order valence-electron chi connectivity index (χ0n) is 19.2. The molecule has 1 aromatic rings. The minimum atomic E-state index is -1.13. The van der Waals surface area contributed by atoms with E-state index in [0.29, 0.717) is 11.7 Å². The van der Waals surface area contributed by atoms with Crippen molar-refractivity contribution < 1.29 is 24.2 Å². The van der Waals surface area contributed by atoms with Gasteiger partial charge in [-0.2, -0.15) is 0 Å². The Kier molecular flexibility index (Phi) is 8.40. The Morgan fingerprint density at radius 3 is 2.32 bits per heavy atom. The molecule has 8 heteroatoms. The predicted octanol–water partition coefficient (Wildman–Crippen LogP) is 3.87. The lowest BCUT2D eigenvalue weighted by Crippen LogP contribution is -2.52. The number of carboxylic acid groups (broad SMARTS) is 1. The van der Waals surface area contributed by atoms with Crippen molar-refractivity contribution in [3.8, 4) is 0 Å². The smallest absolute Gasteiger partial charge is 0.411 e. The number of hydrogen-bond acceptors (Lipinski definition) is 5. The molecule has 1 fully saturated rings. The van der Waals surface area contributed by atoms with Gasteiger partial charge in [-0.15, -0.1) is 11.8 Å². The Labute approximate surface area is 188 Å². The number of benzene rings is 1. The van der Waals surface area contributed by atoms with Crippen LogP contribution in [0.2, 0.25) is 0 Å². The average Bonchev–Trinajstić information content (AvgIpc) is 3.09. The van der Waals surface area contributed by atoms with E-state index in [1.54, 1.807) is 20.8 Å². The van der Waals surface area contributed by atoms with Gasteiger partial charge in [-0.05, 0) is 44.2 Å². The molecule has 2 N–H and O–H groups in total. The molecule has 3 atom stereocenters. The number of aliphatic carboxylic acids is 1. The van der Waals surface area contributed by atoms with Gasteiger partial charge in [-0.3, -0.25) is 14.5 Å². The molecule has 3 unspecified atom stereocenters. The Balaban J connectivity index is 2.25. The second kappa shape index (κ2) is 10.4. The summed E-state index contributed by atoms with van der Waals surface area (Å²) in [5.74, 6) is -0.702. The van der Waals surface area contributed by atoms with Gasteiger partial charge < -0.3 is 15.2 Å². The number of carbonyl (C=O) groups is 3. The lowest BCUT2D eigenvalue weighted by Gasteiger charge is -2.34. The van der Waals surface area contributed by atoms with E-state index in [1.165, 1.54) is 22.2 Å². The molecule has 0 bridgehead atoms. The third-order valence-corrected chi connectivity index (χ3v) is 6.42. The number of hydrogen-bond donors (Lipinski definition) is 2. The molecule has 0 aliphatic carbocycles. The van der Waals surface area contributed by atoms with Gasteiger partial charge in [-0.1, -0.05) is 45.0 Å². The highest BCUT2D eigenvalue weighted by molar-refractivity contribution is 8.00. The molecule has 31 heavy (non-hydrogen) atoms. The molecule has 1 saturated heterocycles. The number of ether oxygens (including phenoxy) is 1. The molecule has 0 saturated carbocycles. The number of amides is 2. The molecule has 172 valence electrons. The minimum Gasteiger partial charge on any atom is -0.480 e. The van der Waals surface area contributed by atoms with E-state index in [0.717, 1.165) is 12.0 Å². The Morgan fingerprint density at radius 1 is 1.19 bits per heavy atom. The molecular weight excluding hydrogens is 416 g/mol. The fourth-order valence-electron chi connectivity index (χ4n) is 3.53. The molecule has 7 nitrogen and oxygen atoms in total. The van der Waals surface area contributed by atoms with Crippen molar-refractivity contribution in [2.45, 2.75) is 70.9 Å². The van der Waals surface area contributed by atoms with Crippen molar-refractivity contribution in [3.63, 3.8) is 0 Å². The van der Waals surface area contributed by atoms with Crippen LogP contribution in [-0.2, 0) is 20.7 Å². The second-order valence-electron chi connectivity index (χ2n) is 9.37. The van der Waals surface area contributed by atoms with Crippen molar-refractivity contribution in [1.29, 1.82) is 0 Å². The van der Waals surface area contributed by atoms with Gasteiger partial charge in [0.05, 0.1) is 5.37 Å². The van der Waals surface area contributed by atoms with Crippen LogP contribution in [0.25, 0.3) is 0 Å². The van der Waals surface area contributed by atoms with Crippen LogP contribution in [0, 0.1) is 5.92 Å². The van der Waals surface area contributed by atoms with Crippen LogP contribution in [0.1, 0.15) is 58.6 Å². The molecule has 2 rings (SSSR count). The first-order valence-corrected chi connectivity index (χ1v) is 11.6. The van der Waals surface area contributed by atoms with E-state index in [-0.39, 0.29) is 11.3 Å². The Bertz CT molecular complexity index is 788. The zero-order valence-corrected chi connectivity index (χ0v) is 20.0. The SMILES string of the molecule is CC(C)Cc1ccc(C(C)C2SCC(C(=O)NCC(=O)O)N2C(=O)OC(C)(C)C)cc1. The third-order valence-electron chi connectivity index (χ3n) is 4.93. The van der Waals surface area contributed by atoms with E-state index in [9.17, 15) is 14.4 Å². The van der Waals surface area contributed by atoms with Crippen LogP contribution >= 0.6 is 11.8 Å². The van der Waals surface area contributed by atoms with Gasteiger partial charge in [-0.25, -0.2) is 4.79 Å². The molecular formula is C23H34N2O5S. The van der Waals surface area contributed by atoms with Crippen molar-refractivity contribution in [3.05, 3.63) is 35.4 Å². The van der Waals surface area contributed by atoms with Gasteiger partial charge in [0.25, 0.3) is 0 Å². The summed E-state index contributed by atoms with van der Waals surface area (Å²) in [6.45, 7) is 11.2. The van der Waals surface area contributed by atoms with Gasteiger partial charge in [0.1, 0.15) is 18.2 Å². The highest BCUT2D eigenvalue weighted by Gasteiger charge is 2.45. The minimum absolute atomic E-state index is 0.0390. The molecule has 0 spiro atoms. The molecule has 0 radical (unpaired) electrons. The van der Waals surface area contributed by atoms with E-state index in [4.69, 9.17) is 9.84 Å². The van der Waals surface area contributed by atoms with Gasteiger partial charge in [0.15, 0.2) is 0 Å². The first-order valence-electron chi connectivity index (χ1n) is 10.6. The lowest BCUT2D eigenvalue weighted by atomic mass is 9.96. The van der Waals surface area contributed by atoms with E-state index < -0.39 is 36.2 Å². The van der Waals surface area contributed by atoms with Crippen LogP contribution in [0.4, 0.5) is 4.79 Å². The van der Waals surface area contributed by atoms with Crippen molar-refractivity contribution in [1.82, 2.24) is 10.2 Å². The number of carboxylic acids is 1. The summed E-state index contributed by atoms with van der Waals surface area (Å²) in [4.78, 5) is 38.0. The summed E-state index contributed by atoms with van der Waals surface area (Å²) in [6, 6.07) is 7.59. The number of nitrogens with one attached hydrogen (secondary N) is 1. The van der Waals surface area contributed by atoms with Crippen LogP contribution in [-0.4, -0.2) is 57.3 Å². The van der Waals surface area contributed by atoms with E-state index in [1.807, 2.05) is 6.92 Å². The van der Waals surface area contributed by atoms with E-state index >= 15 is 0 Å². The Morgan fingerprint density at radius 2 is 1.81 bits per heavy atom. The zero-order chi connectivity index (χ0) is 23.3. The summed E-state index contributed by atoms with van der Waals surface area (Å²) >= 11 is 1.51. The summed E-state index contributed by atoms with van der Waals surface area (Å²) in [7, 11) is 0. The Hall–Kier alpha value is -2.22. The normalized spacial score (nSPS) is 19.9. The number of rotatable bonds is 7. The summed E-state index contributed by atoms with van der Waals surface area (Å²) < 4.78 is 5.58. The van der Waals surface area contributed by atoms with Crippen molar-refractivity contribution >= 4 is 29.7 Å². The predicted molar refractivity (Wildman–Crippen MR) is 122 cm³/mol. The molecule has 0 aromatic heterocycles. The second-order valence-corrected chi connectivity index (χ2v) is 10.5. The van der Waals surface area contributed by atoms with Gasteiger partial charge in [0, 0.05) is 11.7 Å². The summed E-state index contributed by atoms with van der Waals surface area (Å²) in [5, 5.41) is 11.0. The highest BCUT2D eigenvalue weighted by atomic mass is 32.2. The average molecular weight is 451 g/mol. The van der Waals surface area contributed by atoms with Crippen LogP contribution in [0.3, 0.4) is 0 Å². The van der Waals surface area contributed by atoms with Gasteiger partial charge >= 0.3 is 12.1 Å². The van der Waals surface area contributed by atoms with Crippen molar-refractivity contribution in [2.24, 2.45) is 5.92 Å². The van der Waals surface area contributed by atoms with E-state index in [2.05, 4.69) is 43.4 Å². The first kappa shape index (κ1) is 25.0. The molecule has 1 heterocycles. The molecule has 1 aliphatic heterocycles. The number of carbonyl (C=O) groups excluding carboxylic acids is 2. The maximum Gasteiger partial charge on any atom is 0.411 e. The van der Waals surface area contributed by atoms with Gasteiger partial charge in [0.2, 0.25) is 5.91 Å². The van der Waals surface area contributed by atoms with Crippen LogP contribution in [0.15, 0.2) is 24.3 Å². The molecule has 1 aromatic carbocycles.